The lowest BCUT2D eigenvalue weighted by Crippen LogP contribution is -2.09. The van der Waals surface area contributed by atoms with Crippen molar-refractivity contribution in [1.29, 1.82) is 0 Å². The molecule has 3 rings (SSSR count). The molecule has 31 heavy (non-hydrogen) atoms. The molecule has 1 aromatic carbocycles. The molecule has 10 heteroatoms. The molecule has 3 N–H and O–H groups in total. The maximum Gasteiger partial charge on any atom is 0.229 e. The number of nitrogens with zero attached hydrogens (tertiary/aromatic N) is 2. The smallest absolute Gasteiger partial charge is 0.229 e. The number of allylic oxidation sites excluding steroid dienone is 1. The van der Waals surface area contributed by atoms with Gasteiger partial charge in [-0.15, -0.1) is 24.8 Å². The van der Waals surface area contributed by atoms with Gasteiger partial charge in [-0.25, -0.2) is 12.8 Å². The molecule has 0 fully saturated rings. The van der Waals surface area contributed by atoms with E-state index >= 15 is 0 Å². The summed E-state index contributed by atoms with van der Waals surface area (Å²) in [5.41, 5.74) is 11.2. The van der Waals surface area contributed by atoms with Gasteiger partial charge in [-0.05, 0) is 62.7 Å². The average molecular weight is 489 g/mol. The van der Waals surface area contributed by atoms with Gasteiger partial charge in [0, 0.05) is 45.8 Å². The molecule has 2 heterocycles. The third-order valence-electron chi connectivity index (χ3n) is 4.65. The molecule has 0 spiro atoms. The van der Waals surface area contributed by atoms with E-state index in [1.165, 1.54) is 6.08 Å². The van der Waals surface area contributed by atoms with Gasteiger partial charge in [0.05, 0.1) is 12.8 Å². The number of sulfonamides is 1. The first kappa shape index (κ1) is 26.9. The molecule has 0 aliphatic rings. The summed E-state index contributed by atoms with van der Waals surface area (Å²) in [6.07, 6.45) is 2.46. The summed E-state index contributed by atoms with van der Waals surface area (Å²) >= 11 is 0. The Morgan fingerprint density at radius 3 is 2.32 bits per heavy atom. The van der Waals surface area contributed by atoms with Crippen molar-refractivity contribution in [2.24, 2.45) is 5.73 Å². The van der Waals surface area contributed by atoms with Crippen molar-refractivity contribution in [3.05, 3.63) is 59.3 Å². The molecule has 0 unspecified atom stereocenters. The van der Waals surface area contributed by atoms with Gasteiger partial charge in [0.1, 0.15) is 5.83 Å². The minimum absolute atomic E-state index is 0. The average Bonchev–Trinajstić information content (AvgIpc) is 2.84. The summed E-state index contributed by atoms with van der Waals surface area (Å²) in [5.74, 6) is -0.320. The monoisotopic (exact) mass is 488 g/mol. The normalized spacial score (nSPS) is 11.7. The minimum atomic E-state index is -3.42. The molecule has 0 atom stereocenters. The lowest BCUT2D eigenvalue weighted by atomic mass is 10.0. The number of nitrogens with two attached hydrogens (primary N) is 1. The summed E-state index contributed by atoms with van der Waals surface area (Å²) in [6, 6.07) is 9.21. The molecule has 0 aliphatic carbocycles. The predicted octanol–water partition coefficient (Wildman–Crippen LogP) is 4.66. The van der Waals surface area contributed by atoms with Gasteiger partial charge in [-0.2, -0.15) is 0 Å². The zero-order valence-electron chi connectivity index (χ0n) is 17.8. The Bertz CT molecular complexity index is 1200. The quantitative estimate of drug-likeness (QED) is 0.527. The molecule has 2 aromatic heterocycles. The Morgan fingerprint density at radius 2 is 1.77 bits per heavy atom. The van der Waals surface area contributed by atoms with Crippen LogP contribution in [0.3, 0.4) is 0 Å². The molecule has 0 saturated heterocycles. The molecule has 0 aliphatic heterocycles. The van der Waals surface area contributed by atoms with Crippen molar-refractivity contribution in [2.75, 3.05) is 17.5 Å². The molecular formula is C21H27Cl2FN4O2S. The van der Waals surface area contributed by atoms with Crippen molar-refractivity contribution in [3.8, 4) is 11.1 Å². The summed E-state index contributed by atoms with van der Waals surface area (Å²) in [6.45, 7) is 5.96. The first-order valence-corrected chi connectivity index (χ1v) is 11.1. The van der Waals surface area contributed by atoms with E-state index in [4.69, 9.17) is 5.73 Å². The van der Waals surface area contributed by atoms with Gasteiger partial charge in [-0.3, -0.25) is 9.71 Å². The van der Waals surface area contributed by atoms with Crippen molar-refractivity contribution in [3.63, 3.8) is 0 Å². The Morgan fingerprint density at radius 1 is 1.16 bits per heavy atom. The maximum absolute atomic E-state index is 14.3. The van der Waals surface area contributed by atoms with Crippen LogP contribution in [0.5, 0.6) is 0 Å². The van der Waals surface area contributed by atoms with E-state index in [1.807, 2.05) is 37.5 Å². The van der Waals surface area contributed by atoms with Crippen LogP contribution in [0.25, 0.3) is 22.0 Å². The summed E-state index contributed by atoms with van der Waals surface area (Å²) < 4.78 is 42.0. The zero-order valence-corrected chi connectivity index (χ0v) is 20.2. The van der Waals surface area contributed by atoms with Crippen LogP contribution in [0.4, 0.5) is 10.1 Å². The number of halogens is 3. The molecule has 6 nitrogen and oxygen atoms in total. The number of rotatable bonds is 6. The lowest BCUT2D eigenvalue weighted by Gasteiger charge is -2.08. The second kappa shape index (κ2) is 10.5. The highest BCUT2D eigenvalue weighted by Crippen LogP contribution is 2.37. The van der Waals surface area contributed by atoms with E-state index in [0.717, 1.165) is 45.4 Å². The summed E-state index contributed by atoms with van der Waals surface area (Å²) in [4.78, 5) is 4.43. The second-order valence-electron chi connectivity index (χ2n) is 7.18. The molecule has 3 aromatic rings. The Labute approximate surface area is 194 Å². The topological polar surface area (TPSA) is 90.0 Å². The maximum atomic E-state index is 14.3. The Hall–Kier alpha value is -2.13. The first-order valence-electron chi connectivity index (χ1n) is 9.20. The van der Waals surface area contributed by atoms with Crippen LogP contribution in [0, 0.1) is 20.8 Å². The summed E-state index contributed by atoms with van der Waals surface area (Å²) in [5, 5.41) is 0.835. The van der Waals surface area contributed by atoms with Gasteiger partial charge in [0.15, 0.2) is 0 Å². The van der Waals surface area contributed by atoms with Gasteiger partial charge < -0.3 is 10.3 Å². The van der Waals surface area contributed by atoms with Gasteiger partial charge >= 0.3 is 0 Å². The zero-order chi connectivity index (χ0) is 21.3. The SMILES string of the molecule is Cc1cc(-c2c(C)n(CC(F)=CCN)c3ccc(NS(C)(=O)=O)cc23)cc(C)n1.Cl.Cl. The highest BCUT2D eigenvalue weighted by Gasteiger charge is 2.18. The number of fused-ring (bicyclic) bond motifs is 1. The van der Waals surface area contributed by atoms with Gasteiger partial charge in [0.25, 0.3) is 0 Å². The van der Waals surface area contributed by atoms with Gasteiger partial charge in [-0.1, -0.05) is 0 Å². The fourth-order valence-electron chi connectivity index (χ4n) is 3.65. The van der Waals surface area contributed by atoms with Crippen molar-refractivity contribution in [2.45, 2.75) is 27.3 Å². The number of aryl methyl sites for hydroxylation is 2. The van der Waals surface area contributed by atoms with Crippen molar-refractivity contribution >= 4 is 51.4 Å². The third-order valence-corrected chi connectivity index (χ3v) is 5.25. The number of nitrogens with one attached hydrogen (secondary N) is 1. The largest absolute Gasteiger partial charge is 0.337 e. The molecule has 0 bridgehead atoms. The van der Waals surface area contributed by atoms with E-state index in [-0.39, 0.29) is 43.7 Å². The molecule has 0 saturated carbocycles. The lowest BCUT2D eigenvalue weighted by molar-refractivity contribution is 0.555. The highest BCUT2D eigenvalue weighted by molar-refractivity contribution is 7.92. The molecular weight excluding hydrogens is 462 g/mol. The fourth-order valence-corrected chi connectivity index (χ4v) is 4.21. The Kier molecular flexibility index (Phi) is 9.07. The van der Waals surface area contributed by atoms with Crippen LogP contribution in [-0.2, 0) is 16.6 Å². The highest BCUT2D eigenvalue weighted by atomic mass is 35.5. The van der Waals surface area contributed by atoms with E-state index in [1.54, 1.807) is 18.2 Å². The fraction of sp³-hybridized carbons (Fsp3) is 0.286. The van der Waals surface area contributed by atoms with E-state index in [9.17, 15) is 12.8 Å². The number of hydrogen-bond donors (Lipinski definition) is 2. The van der Waals surface area contributed by atoms with E-state index < -0.39 is 10.0 Å². The number of pyridine rings is 1. The van der Waals surface area contributed by atoms with Crippen LogP contribution in [0.15, 0.2) is 42.2 Å². The minimum Gasteiger partial charge on any atom is -0.337 e. The number of aromatic nitrogens is 2. The molecule has 170 valence electrons. The number of anilines is 1. The Balaban J connectivity index is 0.00000240. The standard InChI is InChI=1S/C21H25FN4O2S.2ClH/c1-13-9-16(10-14(2)24-13)21-15(3)26(12-17(22)7-8-23)20-6-5-18(11-19(20)21)25-29(4,27)28;;/h5-7,9-11,25H,8,12,23H2,1-4H3;2*1H. The van der Waals surface area contributed by atoms with Crippen LogP contribution >= 0.6 is 24.8 Å². The second-order valence-corrected chi connectivity index (χ2v) is 8.93. The van der Waals surface area contributed by atoms with Crippen LogP contribution in [0.2, 0.25) is 0 Å². The van der Waals surface area contributed by atoms with Crippen LogP contribution < -0.4 is 10.5 Å². The predicted molar refractivity (Wildman–Crippen MR) is 131 cm³/mol. The van der Waals surface area contributed by atoms with E-state index in [2.05, 4.69) is 9.71 Å². The van der Waals surface area contributed by atoms with Crippen LogP contribution in [0.1, 0.15) is 17.1 Å². The number of hydrogen-bond acceptors (Lipinski definition) is 4. The first-order chi connectivity index (χ1) is 13.6. The van der Waals surface area contributed by atoms with Crippen molar-refractivity contribution in [1.82, 2.24) is 9.55 Å². The summed E-state index contributed by atoms with van der Waals surface area (Å²) in [7, 11) is -3.42. The van der Waals surface area contributed by atoms with Gasteiger partial charge in [0.2, 0.25) is 10.0 Å². The molecule has 0 radical (unpaired) electrons. The van der Waals surface area contributed by atoms with Crippen LogP contribution in [-0.4, -0.2) is 30.8 Å². The molecule has 0 amide bonds. The van der Waals surface area contributed by atoms with Crippen molar-refractivity contribution < 1.29 is 12.8 Å². The number of benzene rings is 1. The third kappa shape index (κ3) is 6.20. The van der Waals surface area contributed by atoms with E-state index in [0.29, 0.717) is 5.69 Å².